The number of rotatable bonds is 2. The Labute approximate surface area is 86.6 Å². The van der Waals surface area contributed by atoms with Crippen LogP contribution in [0.3, 0.4) is 0 Å². The Hall–Kier alpha value is -2.10. The minimum atomic E-state index is -0.205. The van der Waals surface area contributed by atoms with E-state index in [0.29, 0.717) is 11.3 Å². The predicted molar refractivity (Wildman–Crippen MR) is 60.6 cm³/mol. The highest BCUT2D eigenvalue weighted by atomic mass is 16.1. The second kappa shape index (κ2) is 3.57. The SMILES string of the molecule is C=Cc1[nH]c(=O)c2nccn2c1/C=C\C. The molecule has 0 amide bonds. The fraction of sp³-hybridized carbons (Fsp3) is 0.0909. The van der Waals surface area contributed by atoms with Crippen LogP contribution in [0, 0.1) is 0 Å². The van der Waals surface area contributed by atoms with E-state index in [2.05, 4.69) is 16.5 Å². The van der Waals surface area contributed by atoms with Crippen LogP contribution >= 0.6 is 0 Å². The van der Waals surface area contributed by atoms with E-state index in [4.69, 9.17) is 0 Å². The van der Waals surface area contributed by atoms with Crippen molar-refractivity contribution in [2.45, 2.75) is 6.92 Å². The third-order valence-electron chi connectivity index (χ3n) is 2.16. The number of fused-ring (bicyclic) bond motifs is 1. The van der Waals surface area contributed by atoms with Gasteiger partial charge in [-0.25, -0.2) is 4.98 Å². The van der Waals surface area contributed by atoms with E-state index in [0.717, 1.165) is 5.69 Å². The third-order valence-corrected chi connectivity index (χ3v) is 2.16. The smallest absolute Gasteiger partial charge is 0.292 e. The highest BCUT2D eigenvalue weighted by Crippen LogP contribution is 2.09. The highest BCUT2D eigenvalue weighted by Gasteiger charge is 2.06. The van der Waals surface area contributed by atoms with Gasteiger partial charge in [-0.15, -0.1) is 0 Å². The lowest BCUT2D eigenvalue weighted by Gasteiger charge is -2.04. The average Bonchev–Trinajstić information content (AvgIpc) is 2.71. The number of aromatic nitrogens is 3. The molecule has 0 saturated carbocycles. The first-order valence-corrected chi connectivity index (χ1v) is 4.62. The van der Waals surface area contributed by atoms with E-state index in [-0.39, 0.29) is 5.56 Å². The maximum absolute atomic E-state index is 11.6. The Balaban J connectivity index is 2.95. The van der Waals surface area contributed by atoms with Crippen LogP contribution in [0.1, 0.15) is 18.3 Å². The zero-order valence-corrected chi connectivity index (χ0v) is 8.40. The van der Waals surface area contributed by atoms with Gasteiger partial charge in [0.05, 0.1) is 11.4 Å². The summed E-state index contributed by atoms with van der Waals surface area (Å²) >= 11 is 0. The number of imidazole rings is 1. The second-order valence-electron chi connectivity index (χ2n) is 3.08. The van der Waals surface area contributed by atoms with Crippen molar-refractivity contribution < 1.29 is 0 Å². The molecule has 4 nitrogen and oxygen atoms in total. The van der Waals surface area contributed by atoms with Crippen molar-refractivity contribution in [2.24, 2.45) is 0 Å². The van der Waals surface area contributed by atoms with E-state index in [1.807, 2.05) is 19.1 Å². The van der Waals surface area contributed by atoms with Crippen LogP contribution in [0.15, 0.2) is 29.8 Å². The summed E-state index contributed by atoms with van der Waals surface area (Å²) < 4.78 is 1.75. The van der Waals surface area contributed by atoms with Crippen LogP contribution in [-0.2, 0) is 0 Å². The molecule has 76 valence electrons. The van der Waals surface area contributed by atoms with Gasteiger partial charge in [-0.1, -0.05) is 12.7 Å². The second-order valence-corrected chi connectivity index (χ2v) is 3.08. The first-order chi connectivity index (χ1) is 7.27. The molecule has 0 aliphatic rings. The monoisotopic (exact) mass is 201 g/mol. The first kappa shape index (κ1) is 9.45. The number of allylic oxidation sites excluding steroid dienone is 1. The molecular formula is C11H11N3O. The summed E-state index contributed by atoms with van der Waals surface area (Å²) in [6, 6.07) is 0. The molecule has 4 heteroatoms. The van der Waals surface area contributed by atoms with Gasteiger partial charge in [0.2, 0.25) is 5.65 Å². The fourth-order valence-electron chi connectivity index (χ4n) is 1.52. The van der Waals surface area contributed by atoms with Gasteiger partial charge in [0.15, 0.2) is 0 Å². The number of nitrogens with one attached hydrogen (secondary N) is 1. The zero-order chi connectivity index (χ0) is 10.8. The van der Waals surface area contributed by atoms with E-state index < -0.39 is 0 Å². The molecule has 0 aromatic carbocycles. The Bertz CT molecular complexity index is 589. The molecule has 1 N–H and O–H groups in total. The topological polar surface area (TPSA) is 50.2 Å². The van der Waals surface area contributed by atoms with Crippen LogP contribution in [-0.4, -0.2) is 14.4 Å². The quantitative estimate of drug-likeness (QED) is 0.803. The molecular weight excluding hydrogens is 190 g/mol. The van der Waals surface area contributed by atoms with Gasteiger partial charge in [-0.2, -0.15) is 0 Å². The highest BCUT2D eigenvalue weighted by molar-refractivity contribution is 5.61. The Kier molecular flexibility index (Phi) is 2.25. The van der Waals surface area contributed by atoms with Gasteiger partial charge >= 0.3 is 0 Å². The molecule has 0 aliphatic heterocycles. The zero-order valence-electron chi connectivity index (χ0n) is 8.40. The summed E-state index contributed by atoms with van der Waals surface area (Å²) in [7, 11) is 0. The van der Waals surface area contributed by atoms with Gasteiger partial charge in [0.25, 0.3) is 5.56 Å². The number of hydrogen-bond donors (Lipinski definition) is 1. The largest absolute Gasteiger partial charge is 0.317 e. The number of hydrogen-bond acceptors (Lipinski definition) is 2. The Morgan fingerprint density at radius 2 is 2.40 bits per heavy atom. The van der Waals surface area contributed by atoms with Crippen LogP contribution in [0.4, 0.5) is 0 Å². The summed E-state index contributed by atoms with van der Waals surface area (Å²) in [5, 5.41) is 0. The molecule has 0 unspecified atom stereocenters. The Morgan fingerprint density at radius 1 is 1.60 bits per heavy atom. The predicted octanol–water partition coefficient (Wildman–Crippen LogP) is 1.70. The van der Waals surface area contributed by atoms with Gasteiger partial charge < -0.3 is 4.98 Å². The molecule has 15 heavy (non-hydrogen) atoms. The fourth-order valence-corrected chi connectivity index (χ4v) is 1.52. The van der Waals surface area contributed by atoms with Crippen molar-refractivity contribution in [3.05, 3.63) is 46.8 Å². The van der Waals surface area contributed by atoms with Crippen molar-refractivity contribution in [1.29, 1.82) is 0 Å². The lowest BCUT2D eigenvalue weighted by molar-refractivity contribution is 1.06. The average molecular weight is 201 g/mol. The molecule has 0 fully saturated rings. The molecule has 2 aromatic rings. The van der Waals surface area contributed by atoms with Crippen LogP contribution in [0.25, 0.3) is 17.8 Å². The van der Waals surface area contributed by atoms with Crippen molar-refractivity contribution in [2.75, 3.05) is 0 Å². The van der Waals surface area contributed by atoms with E-state index in [1.54, 1.807) is 22.9 Å². The molecule has 0 bridgehead atoms. The third kappa shape index (κ3) is 1.40. The van der Waals surface area contributed by atoms with Crippen molar-refractivity contribution in [1.82, 2.24) is 14.4 Å². The minimum Gasteiger partial charge on any atom is -0.317 e. The molecule has 0 spiro atoms. The lowest BCUT2D eigenvalue weighted by Crippen LogP contribution is -2.14. The van der Waals surface area contributed by atoms with Gasteiger partial charge in [-0.05, 0) is 19.1 Å². The summed E-state index contributed by atoms with van der Waals surface area (Å²) in [6.07, 6.45) is 8.79. The molecule has 0 saturated heterocycles. The first-order valence-electron chi connectivity index (χ1n) is 4.62. The molecule has 0 aliphatic carbocycles. The van der Waals surface area contributed by atoms with E-state index in [1.165, 1.54) is 0 Å². The van der Waals surface area contributed by atoms with Crippen LogP contribution < -0.4 is 5.56 Å². The van der Waals surface area contributed by atoms with Crippen molar-refractivity contribution >= 4 is 17.8 Å². The van der Waals surface area contributed by atoms with Gasteiger partial charge in [0.1, 0.15) is 0 Å². The van der Waals surface area contributed by atoms with Crippen molar-refractivity contribution in [3.63, 3.8) is 0 Å². The molecule has 0 radical (unpaired) electrons. The molecule has 2 heterocycles. The minimum absolute atomic E-state index is 0.205. The van der Waals surface area contributed by atoms with Crippen molar-refractivity contribution in [3.8, 4) is 0 Å². The number of aromatic amines is 1. The maximum atomic E-state index is 11.6. The van der Waals surface area contributed by atoms with E-state index >= 15 is 0 Å². The van der Waals surface area contributed by atoms with Crippen LogP contribution in [0.2, 0.25) is 0 Å². The normalized spacial score (nSPS) is 11.3. The number of H-pyrrole nitrogens is 1. The number of nitrogens with zero attached hydrogens (tertiary/aromatic N) is 2. The van der Waals surface area contributed by atoms with Crippen LogP contribution in [0.5, 0.6) is 0 Å². The molecule has 0 atom stereocenters. The summed E-state index contributed by atoms with van der Waals surface area (Å²) in [5.74, 6) is 0. The summed E-state index contributed by atoms with van der Waals surface area (Å²) in [5.41, 5.74) is 1.76. The lowest BCUT2D eigenvalue weighted by atomic mass is 10.2. The van der Waals surface area contributed by atoms with Gasteiger partial charge in [-0.3, -0.25) is 9.20 Å². The standard InChI is InChI=1S/C11H11N3O/c1-3-5-9-8(4-2)13-11(15)10-12-6-7-14(9)10/h3-7H,2H2,1H3,(H,13,15)/b5-3-. The molecule has 2 rings (SSSR count). The van der Waals surface area contributed by atoms with Gasteiger partial charge in [0, 0.05) is 12.4 Å². The Morgan fingerprint density at radius 3 is 3.07 bits per heavy atom. The maximum Gasteiger partial charge on any atom is 0.292 e. The summed E-state index contributed by atoms with van der Waals surface area (Å²) in [6.45, 7) is 5.59. The molecule has 2 aromatic heterocycles. The van der Waals surface area contributed by atoms with E-state index in [9.17, 15) is 4.79 Å². The summed E-state index contributed by atoms with van der Waals surface area (Å²) in [4.78, 5) is 18.3.